The zero-order chi connectivity index (χ0) is 15.4. The molecule has 2 aromatic heterocycles. The van der Waals surface area contributed by atoms with Crippen LogP contribution in [0.15, 0.2) is 30.5 Å². The van der Waals surface area contributed by atoms with Gasteiger partial charge in [-0.15, -0.1) is 10.2 Å². The Bertz CT molecular complexity index is 729. The fraction of sp³-hybridized carbons (Fsp3) is 0.500. The quantitative estimate of drug-likeness (QED) is 0.673. The van der Waals surface area contributed by atoms with E-state index in [4.69, 9.17) is 0 Å². The fourth-order valence-corrected chi connectivity index (χ4v) is 2.65. The minimum absolute atomic E-state index is 0.601. The van der Waals surface area contributed by atoms with E-state index in [0.717, 1.165) is 23.3 Å². The van der Waals surface area contributed by atoms with Crippen LogP contribution in [0, 0.1) is 5.92 Å². The molecule has 0 saturated carbocycles. The van der Waals surface area contributed by atoms with Gasteiger partial charge in [-0.2, -0.15) is 0 Å². The Morgan fingerprint density at radius 3 is 2.86 bits per heavy atom. The lowest BCUT2D eigenvalue weighted by Crippen LogP contribution is -2.08. The van der Waals surface area contributed by atoms with Crippen molar-refractivity contribution in [2.24, 2.45) is 5.92 Å². The molecule has 0 saturated heterocycles. The molecule has 1 atom stereocenters. The van der Waals surface area contributed by atoms with Gasteiger partial charge in [0.15, 0.2) is 0 Å². The molecule has 0 aliphatic rings. The summed E-state index contributed by atoms with van der Waals surface area (Å²) >= 11 is 0. The summed E-state index contributed by atoms with van der Waals surface area (Å²) in [6.07, 6.45) is 5.76. The van der Waals surface area contributed by atoms with Crippen LogP contribution in [0.3, 0.4) is 0 Å². The predicted octanol–water partition coefficient (Wildman–Crippen LogP) is 2.90. The van der Waals surface area contributed by atoms with Crippen molar-refractivity contribution in [3.63, 3.8) is 0 Å². The van der Waals surface area contributed by atoms with Gasteiger partial charge in [0, 0.05) is 6.54 Å². The molecule has 2 heterocycles. The number of para-hydroxylation sites is 1. The number of fused-ring (bicyclic) bond motifs is 1. The first-order valence-corrected chi connectivity index (χ1v) is 7.93. The average molecular weight is 298 g/mol. The van der Waals surface area contributed by atoms with Crippen molar-refractivity contribution in [2.45, 2.75) is 46.2 Å². The number of aromatic nitrogens is 6. The highest BCUT2D eigenvalue weighted by atomic mass is 15.5. The van der Waals surface area contributed by atoms with E-state index < -0.39 is 0 Å². The molecule has 3 rings (SSSR count). The van der Waals surface area contributed by atoms with Gasteiger partial charge in [0.2, 0.25) is 0 Å². The molecule has 1 aromatic carbocycles. The topological polar surface area (TPSA) is 61.4 Å². The van der Waals surface area contributed by atoms with Crippen molar-refractivity contribution in [3.8, 4) is 0 Å². The van der Waals surface area contributed by atoms with Gasteiger partial charge in [0.25, 0.3) is 0 Å². The maximum absolute atomic E-state index is 4.26. The van der Waals surface area contributed by atoms with E-state index in [9.17, 15) is 0 Å². The summed E-state index contributed by atoms with van der Waals surface area (Å²) in [6.45, 7) is 6.01. The lowest BCUT2D eigenvalue weighted by molar-refractivity contribution is 0.406. The average Bonchev–Trinajstić information content (AvgIpc) is 3.13. The van der Waals surface area contributed by atoms with Crippen LogP contribution in [0.5, 0.6) is 0 Å². The summed E-state index contributed by atoms with van der Waals surface area (Å²) in [4.78, 5) is 0. The molecule has 0 radical (unpaired) electrons. The van der Waals surface area contributed by atoms with Gasteiger partial charge in [-0.3, -0.25) is 4.68 Å². The van der Waals surface area contributed by atoms with Gasteiger partial charge in [-0.1, -0.05) is 49.2 Å². The van der Waals surface area contributed by atoms with E-state index in [0.29, 0.717) is 12.5 Å². The van der Waals surface area contributed by atoms with Crippen LogP contribution in [-0.4, -0.2) is 30.0 Å². The molecule has 0 bridgehead atoms. The van der Waals surface area contributed by atoms with Crippen LogP contribution in [0.1, 0.15) is 38.8 Å². The zero-order valence-electron chi connectivity index (χ0n) is 13.2. The highest BCUT2D eigenvalue weighted by Gasteiger charge is 2.09. The summed E-state index contributed by atoms with van der Waals surface area (Å²) in [6, 6.07) is 7.95. The highest BCUT2D eigenvalue weighted by molar-refractivity contribution is 5.73. The van der Waals surface area contributed by atoms with Gasteiger partial charge >= 0.3 is 0 Å². The molecule has 0 N–H and O–H groups in total. The van der Waals surface area contributed by atoms with Gasteiger partial charge in [-0.25, -0.2) is 4.68 Å². The van der Waals surface area contributed by atoms with Crippen LogP contribution in [0.4, 0.5) is 0 Å². The Balaban J connectivity index is 1.66. The third-order valence-corrected chi connectivity index (χ3v) is 3.87. The number of rotatable bonds is 7. The first-order chi connectivity index (χ1) is 10.8. The van der Waals surface area contributed by atoms with E-state index in [1.54, 1.807) is 0 Å². The summed E-state index contributed by atoms with van der Waals surface area (Å²) in [5, 5.41) is 16.8. The van der Waals surface area contributed by atoms with Crippen molar-refractivity contribution in [1.29, 1.82) is 0 Å². The number of unbranched alkanes of at least 4 members (excludes halogenated alkanes) is 1. The van der Waals surface area contributed by atoms with Crippen LogP contribution in [0.25, 0.3) is 11.0 Å². The van der Waals surface area contributed by atoms with Crippen LogP contribution in [0.2, 0.25) is 0 Å². The molecule has 0 spiro atoms. The molecule has 116 valence electrons. The minimum atomic E-state index is 0.601. The van der Waals surface area contributed by atoms with Crippen LogP contribution < -0.4 is 0 Å². The molecule has 0 aliphatic carbocycles. The Morgan fingerprint density at radius 1 is 1.14 bits per heavy atom. The maximum atomic E-state index is 4.26. The van der Waals surface area contributed by atoms with Crippen LogP contribution in [-0.2, 0) is 13.1 Å². The first kappa shape index (κ1) is 14.7. The summed E-state index contributed by atoms with van der Waals surface area (Å²) in [5.41, 5.74) is 2.84. The molecule has 6 nitrogen and oxygen atoms in total. The Kier molecular flexibility index (Phi) is 4.46. The lowest BCUT2D eigenvalue weighted by atomic mass is 10.1. The summed E-state index contributed by atoms with van der Waals surface area (Å²) in [7, 11) is 0. The van der Waals surface area contributed by atoms with Gasteiger partial charge in [0.05, 0.1) is 18.3 Å². The van der Waals surface area contributed by atoms with Crippen molar-refractivity contribution in [3.05, 3.63) is 36.2 Å². The standard InChI is InChI=1S/C16H22N6/c1-3-4-7-13(2)10-21-11-14(17-19-21)12-22-16-9-6-5-8-15(16)18-20-22/h5-6,8-9,11,13H,3-4,7,10,12H2,1-2H3. The summed E-state index contributed by atoms with van der Waals surface area (Å²) < 4.78 is 3.80. The number of hydrogen-bond donors (Lipinski definition) is 0. The SMILES string of the molecule is CCCCC(C)Cn1cc(Cn2nnc3ccccc32)nn1. The maximum Gasteiger partial charge on any atom is 0.113 e. The molecule has 0 aliphatic heterocycles. The largest absolute Gasteiger partial charge is 0.252 e. The second-order valence-corrected chi connectivity index (χ2v) is 5.92. The van der Waals surface area contributed by atoms with Gasteiger partial charge in [0.1, 0.15) is 11.2 Å². The minimum Gasteiger partial charge on any atom is -0.252 e. The normalized spacial score (nSPS) is 12.8. The molecule has 1 unspecified atom stereocenters. The Labute approximate surface area is 130 Å². The molecule has 0 fully saturated rings. The molecule has 0 amide bonds. The van der Waals surface area contributed by atoms with E-state index >= 15 is 0 Å². The van der Waals surface area contributed by atoms with Gasteiger partial charge in [-0.05, 0) is 24.5 Å². The van der Waals surface area contributed by atoms with E-state index in [1.165, 1.54) is 19.3 Å². The van der Waals surface area contributed by atoms with Crippen molar-refractivity contribution in [2.75, 3.05) is 0 Å². The molecule has 6 heteroatoms. The third kappa shape index (κ3) is 3.32. The number of hydrogen-bond acceptors (Lipinski definition) is 4. The van der Waals surface area contributed by atoms with Crippen LogP contribution >= 0.6 is 0 Å². The van der Waals surface area contributed by atoms with Crippen molar-refractivity contribution < 1.29 is 0 Å². The van der Waals surface area contributed by atoms with E-state index in [-0.39, 0.29) is 0 Å². The zero-order valence-corrected chi connectivity index (χ0v) is 13.2. The second kappa shape index (κ2) is 6.68. The summed E-state index contributed by atoms with van der Waals surface area (Å²) in [5.74, 6) is 0.627. The monoisotopic (exact) mass is 298 g/mol. The first-order valence-electron chi connectivity index (χ1n) is 7.93. The van der Waals surface area contributed by atoms with Crippen molar-refractivity contribution in [1.82, 2.24) is 30.0 Å². The Morgan fingerprint density at radius 2 is 2.00 bits per heavy atom. The molecule has 3 aromatic rings. The number of benzene rings is 1. The van der Waals surface area contributed by atoms with Gasteiger partial charge < -0.3 is 0 Å². The third-order valence-electron chi connectivity index (χ3n) is 3.87. The molecular formula is C16H22N6. The van der Waals surface area contributed by atoms with E-state index in [2.05, 4.69) is 34.5 Å². The molecular weight excluding hydrogens is 276 g/mol. The predicted molar refractivity (Wildman–Crippen MR) is 85.3 cm³/mol. The fourth-order valence-electron chi connectivity index (χ4n) is 2.65. The highest BCUT2D eigenvalue weighted by Crippen LogP contribution is 2.12. The van der Waals surface area contributed by atoms with E-state index in [1.807, 2.05) is 39.8 Å². The lowest BCUT2D eigenvalue weighted by Gasteiger charge is -2.09. The smallest absolute Gasteiger partial charge is 0.113 e. The Hall–Kier alpha value is -2.24. The number of nitrogens with zero attached hydrogens (tertiary/aromatic N) is 6. The second-order valence-electron chi connectivity index (χ2n) is 5.92. The molecule has 22 heavy (non-hydrogen) atoms. The van der Waals surface area contributed by atoms with Crippen molar-refractivity contribution >= 4 is 11.0 Å².